The fourth-order valence-electron chi connectivity index (χ4n) is 2.09. The van der Waals surface area contributed by atoms with Gasteiger partial charge in [0.05, 0.1) is 31.0 Å². The number of methoxy groups -OCH3 is 1. The lowest BCUT2D eigenvalue weighted by molar-refractivity contribution is 0.0662. The van der Waals surface area contributed by atoms with Crippen LogP contribution < -0.4 is 4.74 Å². The number of carbonyl (C=O) groups is 1. The maximum atomic E-state index is 12.5. The number of aliphatic hydroxyl groups excluding tert-OH is 1. The second-order valence-electron chi connectivity index (χ2n) is 4.65. The molecule has 1 heterocycles. The molecule has 0 aliphatic rings. The van der Waals surface area contributed by atoms with Crippen molar-refractivity contribution in [3.8, 4) is 5.75 Å². The van der Waals surface area contributed by atoms with Crippen molar-refractivity contribution in [2.24, 2.45) is 0 Å². The fraction of sp³-hybridized carbons (Fsp3) is 0.333. The molecule has 1 aromatic heterocycles. The van der Waals surface area contributed by atoms with Crippen molar-refractivity contribution in [2.75, 3.05) is 20.8 Å². The second-order valence-corrected chi connectivity index (χ2v) is 5.51. The van der Waals surface area contributed by atoms with E-state index in [1.807, 2.05) is 24.3 Å². The fourth-order valence-corrected chi connectivity index (χ4v) is 2.87. The molecule has 1 amide bonds. The second kappa shape index (κ2) is 6.69. The number of ether oxygens (including phenoxy) is 1. The monoisotopic (exact) mass is 306 g/mol. The van der Waals surface area contributed by atoms with Gasteiger partial charge in [-0.05, 0) is 24.6 Å². The van der Waals surface area contributed by atoms with Crippen LogP contribution in [0.1, 0.15) is 27.0 Å². The van der Waals surface area contributed by atoms with Gasteiger partial charge in [0.1, 0.15) is 10.6 Å². The van der Waals surface area contributed by atoms with Crippen molar-refractivity contribution in [1.29, 1.82) is 0 Å². The van der Waals surface area contributed by atoms with E-state index in [1.165, 1.54) is 11.3 Å². The summed E-state index contributed by atoms with van der Waals surface area (Å²) in [5, 5.41) is 9.65. The van der Waals surface area contributed by atoms with E-state index in [0.717, 1.165) is 11.3 Å². The van der Waals surface area contributed by atoms with Gasteiger partial charge in [0, 0.05) is 7.05 Å². The van der Waals surface area contributed by atoms with Gasteiger partial charge in [-0.15, -0.1) is 11.3 Å². The molecule has 1 aromatic carbocycles. The maximum absolute atomic E-state index is 12.5. The Morgan fingerprint density at radius 2 is 2.10 bits per heavy atom. The van der Waals surface area contributed by atoms with Crippen LogP contribution in [-0.4, -0.2) is 41.7 Å². The van der Waals surface area contributed by atoms with Gasteiger partial charge >= 0.3 is 0 Å². The number of hydrogen-bond donors (Lipinski definition) is 1. The molecule has 6 heteroatoms. The van der Waals surface area contributed by atoms with Crippen molar-refractivity contribution in [2.45, 2.75) is 13.0 Å². The van der Waals surface area contributed by atoms with Crippen LogP contribution in [0.2, 0.25) is 0 Å². The first kappa shape index (κ1) is 15.5. The number of rotatable bonds is 5. The number of aromatic nitrogens is 1. The van der Waals surface area contributed by atoms with Gasteiger partial charge in [-0.3, -0.25) is 4.79 Å². The summed E-state index contributed by atoms with van der Waals surface area (Å²) in [4.78, 5) is 18.7. The number of thiazole rings is 1. The SMILES string of the molecule is COc1ccc(C(CO)N(C)C(=O)c2scnc2C)cc1. The van der Waals surface area contributed by atoms with E-state index in [1.54, 1.807) is 31.5 Å². The minimum atomic E-state index is -0.398. The Kier molecular flexibility index (Phi) is 4.93. The zero-order chi connectivity index (χ0) is 15.4. The molecule has 0 fully saturated rings. The molecule has 2 aromatic rings. The molecule has 1 unspecified atom stereocenters. The van der Waals surface area contributed by atoms with Crippen molar-refractivity contribution >= 4 is 17.2 Å². The summed E-state index contributed by atoms with van der Waals surface area (Å²) in [7, 11) is 3.29. The van der Waals surface area contributed by atoms with Crippen LogP contribution in [0.25, 0.3) is 0 Å². The van der Waals surface area contributed by atoms with Crippen LogP contribution in [0.4, 0.5) is 0 Å². The summed E-state index contributed by atoms with van der Waals surface area (Å²) in [5.74, 6) is 0.604. The number of amides is 1. The number of aliphatic hydroxyl groups is 1. The average molecular weight is 306 g/mol. The first-order chi connectivity index (χ1) is 10.1. The first-order valence-corrected chi connectivity index (χ1v) is 7.38. The Balaban J connectivity index is 2.23. The molecule has 2 rings (SSSR count). The topological polar surface area (TPSA) is 62.7 Å². The highest BCUT2D eigenvalue weighted by Gasteiger charge is 2.24. The summed E-state index contributed by atoms with van der Waals surface area (Å²) >= 11 is 1.31. The lowest BCUT2D eigenvalue weighted by Crippen LogP contribution is -2.33. The summed E-state index contributed by atoms with van der Waals surface area (Å²) < 4.78 is 5.12. The van der Waals surface area contributed by atoms with Crippen molar-refractivity contribution in [3.63, 3.8) is 0 Å². The van der Waals surface area contributed by atoms with Gasteiger partial charge in [0.2, 0.25) is 0 Å². The number of hydrogen-bond acceptors (Lipinski definition) is 5. The molecule has 5 nitrogen and oxygen atoms in total. The van der Waals surface area contributed by atoms with Crippen molar-refractivity contribution in [3.05, 3.63) is 45.9 Å². The van der Waals surface area contributed by atoms with Crippen LogP contribution in [-0.2, 0) is 0 Å². The Labute approximate surface area is 127 Å². The lowest BCUT2D eigenvalue weighted by Gasteiger charge is -2.27. The molecule has 0 spiro atoms. The predicted molar refractivity (Wildman–Crippen MR) is 81.8 cm³/mol. The third kappa shape index (κ3) is 3.22. The molecule has 0 saturated carbocycles. The molecule has 0 aliphatic carbocycles. The normalized spacial score (nSPS) is 12.0. The van der Waals surface area contributed by atoms with Crippen molar-refractivity contribution in [1.82, 2.24) is 9.88 Å². The van der Waals surface area contributed by atoms with Crippen LogP contribution >= 0.6 is 11.3 Å². The van der Waals surface area contributed by atoms with Crippen LogP contribution in [0.3, 0.4) is 0 Å². The van der Waals surface area contributed by atoms with E-state index in [9.17, 15) is 9.90 Å². The average Bonchev–Trinajstić information content (AvgIpc) is 2.94. The van der Waals surface area contributed by atoms with E-state index in [-0.39, 0.29) is 12.5 Å². The largest absolute Gasteiger partial charge is 0.497 e. The zero-order valence-corrected chi connectivity index (χ0v) is 13.1. The highest BCUT2D eigenvalue weighted by atomic mass is 32.1. The summed E-state index contributed by atoms with van der Waals surface area (Å²) in [6.45, 7) is 1.66. The number of aryl methyl sites for hydroxylation is 1. The molecule has 112 valence electrons. The Morgan fingerprint density at radius 3 is 2.57 bits per heavy atom. The third-order valence-electron chi connectivity index (χ3n) is 3.40. The zero-order valence-electron chi connectivity index (χ0n) is 12.2. The standard InChI is InChI=1S/C15H18N2O3S/c1-10-14(21-9-16-10)15(19)17(2)13(8-18)11-4-6-12(20-3)7-5-11/h4-7,9,13,18H,8H2,1-3H3. The molecule has 0 aliphatic heterocycles. The first-order valence-electron chi connectivity index (χ1n) is 6.50. The molecule has 0 saturated heterocycles. The number of likely N-dealkylation sites (N-methyl/N-ethyl adjacent to an activating group) is 1. The molecule has 0 bridgehead atoms. The van der Waals surface area contributed by atoms with Gasteiger partial charge in [0.25, 0.3) is 5.91 Å². The van der Waals surface area contributed by atoms with E-state index in [4.69, 9.17) is 4.74 Å². The molecule has 0 radical (unpaired) electrons. The molecular weight excluding hydrogens is 288 g/mol. The maximum Gasteiger partial charge on any atom is 0.266 e. The number of nitrogens with zero attached hydrogens (tertiary/aromatic N) is 2. The molecular formula is C15H18N2O3S. The summed E-state index contributed by atoms with van der Waals surface area (Å²) in [5.41, 5.74) is 3.22. The Morgan fingerprint density at radius 1 is 1.43 bits per heavy atom. The number of carbonyl (C=O) groups excluding carboxylic acids is 1. The molecule has 21 heavy (non-hydrogen) atoms. The van der Waals surface area contributed by atoms with Crippen LogP contribution in [0.15, 0.2) is 29.8 Å². The minimum Gasteiger partial charge on any atom is -0.497 e. The molecule has 1 N–H and O–H groups in total. The predicted octanol–water partition coefficient (Wildman–Crippen LogP) is 2.27. The molecule has 1 atom stereocenters. The van der Waals surface area contributed by atoms with Gasteiger partial charge in [-0.25, -0.2) is 4.98 Å². The van der Waals surface area contributed by atoms with Gasteiger partial charge < -0.3 is 14.7 Å². The quantitative estimate of drug-likeness (QED) is 0.920. The summed E-state index contributed by atoms with van der Waals surface area (Å²) in [6, 6.07) is 6.93. The lowest BCUT2D eigenvalue weighted by atomic mass is 10.1. The van der Waals surface area contributed by atoms with Crippen LogP contribution in [0, 0.1) is 6.92 Å². The van der Waals surface area contributed by atoms with Crippen LogP contribution in [0.5, 0.6) is 5.75 Å². The van der Waals surface area contributed by atoms with E-state index < -0.39 is 6.04 Å². The highest BCUT2D eigenvalue weighted by Crippen LogP contribution is 2.25. The van der Waals surface area contributed by atoms with E-state index in [2.05, 4.69) is 4.98 Å². The van der Waals surface area contributed by atoms with Gasteiger partial charge in [0.15, 0.2) is 0 Å². The van der Waals surface area contributed by atoms with Gasteiger partial charge in [-0.2, -0.15) is 0 Å². The van der Waals surface area contributed by atoms with Gasteiger partial charge in [-0.1, -0.05) is 12.1 Å². The van der Waals surface area contributed by atoms with Crippen molar-refractivity contribution < 1.29 is 14.6 Å². The number of benzene rings is 1. The minimum absolute atomic E-state index is 0.134. The summed E-state index contributed by atoms with van der Waals surface area (Å²) in [6.07, 6.45) is 0. The van der Waals surface area contributed by atoms with E-state index in [0.29, 0.717) is 10.6 Å². The smallest absolute Gasteiger partial charge is 0.266 e. The Bertz CT molecular complexity index is 610. The highest BCUT2D eigenvalue weighted by molar-refractivity contribution is 7.11. The Hall–Kier alpha value is -1.92. The third-order valence-corrected chi connectivity index (χ3v) is 4.32. The van der Waals surface area contributed by atoms with E-state index >= 15 is 0 Å².